The Hall–Kier alpha value is -5.93. The Morgan fingerprint density at radius 1 is 0.409 bits per heavy atom. The van der Waals surface area contributed by atoms with Crippen molar-refractivity contribution in [1.82, 2.24) is 9.55 Å². The fourth-order valence-corrected chi connectivity index (χ4v) is 6.58. The molecule has 7 aromatic carbocycles. The van der Waals surface area contributed by atoms with Crippen LogP contribution in [0.1, 0.15) is 0 Å². The molecule has 3 heteroatoms. The number of fused-ring (bicyclic) bond motifs is 8. The van der Waals surface area contributed by atoms with Gasteiger partial charge < -0.3 is 0 Å². The molecule has 0 radical (unpaired) electrons. The summed E-state index contributed by atoms with van der Waals surface area (Å²) < 4.78 is 2.31. The number of aromatic nitrogens is 2. The summed E-state index contributed by atoms with van der Waals surface area (Å²) >= 11 is 0. The maximum atomic E-state index is 5.26. The van der Waals surface area contributed by atoms with Gasteiger partial charge >= 0.3 is 0 Å². The van der Waals surface area contributed by atoms with Crippen LogP contribution in [-0.4, -0.2) is 9.55 Å². The van der Waals surface area contributed by atoms with Crippen molar-refractivity contribution < 1.29 is 0 Å². The van der Waals surface area contributed by atoms with Crippen molar-refractivity contribution >= 4 is 39.1 Å². The summed E-state index contributed by atoms with van der Waals surface area (Å²) in [7, 11) is 0. The second-order valence-electron chi connectivity index (χ2n) is 11.3. The number of hydrogen-bond donors (Lipinski definition) is 0. The first-order chi connectivity index (χ1) is 21.8. The molecule has 3 nitrogen and oxygen atoms in total. The summed E-state index contributed by atoms with van der Waals surface area (Å²) in [5.41, 5.74) is 12.6. The minimum absolute atomic E-state index is 0.882. The Bertz CT molecular complexity index is 2310. The van der Waals surface area contributed by atoms with Crippen LogP contribution in [-0.2, 0) is 0 Å². The van der Waals surface area contributed by atoms with E-state index in [9.17, 15) is 0 Å². The van der Waals surface area contributed by atoms with Crippen LogP contribution < -0.4 is 4.90 Å². The molecule has 0 saturated heterocycles. The molecule has 2 heterocycles. The van der Waals surface area contributed by atoms with Crippen LogP contribution in [0, 0.1) is 0 Å². The zero-order chi connectivity index (χ0) is 29.0. The van der Waals surface area contributed by atoms with E-state index in [0.29, 0.717) is 0 Å². The van der Waals surface area contributed by atoms with Crippen LogP contribution in [0.4, 0.5) is 17.3 Å². The molecule has 0 aliphatic carbocycles. The summed E-state index contributed by atoms with van der Waals surface area (Å²) in [4.78, 5) is 7.58. The predicted molar refractivity (Wildman–Crippen MR) is 183 cm³/mol. The van der Waals surface area contributed by atoms with E-state index in [-0.39, 0.29) is 0 Å². The van der Waals surface area contributed by atoms with Gasteiger partial charge in [-0.05, 0) is 75.5 Å². The second-order valence-corrected chi connectivity index (χ2v) is 11.3. The molecule has 0 atom stereocenters. The van der Waals surface area contributed by atoms with E-state index < -0.39 is 0 Å². The van der Waals surface area contributed by atoms with Gasteiger partial charge in [-0.15, -0.1) is 0 Å². The van der Waals surface area contributed by atoms with Gasteiger partial charge in [0.25, 0.3) is 0 Å². The third-order valence-electron chi connectivity index (χ3n) is 8.73. The molecule has 8 aromatic rings. The van der Waals surface area contributed by atoms with Crippen molar-refractivity contribution in [3.63, 3.8) is 0 Å². The lowest BCUT2D eigenvalue weighted by Crippen LogP contribution is -2.14. The Labute approximate surface area is 255 Å². The van der Waals surface area contributed by atoms with Crippen LogP contribution in [0.5, 0.6) is 0 Å². The smallest absolute Gasteiger partial charge is 0.220 e. The zero-order valence-electron chi connectivity index (χ0n) is 23.9. The van der Waals surface area contributed by atoms with Crippen molar-refractivity contribution in [2.45, 2.75) is 0 Å². The summed E-state index contributed by atoms with van der Waals surface area (Å²) in [5, 5.41) is 2.42. The van der Waals surface area contributed by atoms with E-state index in [1.165, 1.54) is 44.2 Å². The molecular formula is C41H27N3. The topological polar surface area (TPSA) is 21.1 Å². The van der Waals surface area contributed by atoms with E-state index in [0.717, 1.165) is 34.0 Å². The Morgan fingerprint density at radius 2 is 0.977 bits per heavy atom. The third kappa shape index (κ3) is 3.87. The average Bonchev–Trinajstić information content (AvgIpc) is 3.43. The number of imidazole rings is 1. The van der Waals surface area contributed by atoms with Crippen molar-refractivity contribution in [2.24, 2.45) is 0 Å². The number of benzene rings is 7. The zero-order valence-corrected chi connectivity index (χ0v) is 23.9. The van der Waals surface area contributed by atoms with Gasteiger partial charge in [0, 0.05) is 16.8 Å². The van der Waals surface area contributed by atoms with Crippen LogP contribution in [0.3, 0.4) is 0 Å². The Balaban J connectivity index is 1.23. The van der Waals surface area contributed by atoms with Gasteiger partial charge in [0.1, 0.15) is 0 Å². The highest BCUT2D eigenvalue weighted by atomic mass is 15.3. The molecule has 0 N–H and O–H groups in total. The first kappa shape index (κ1) is 24.6. The van der Waals surface area contributed by atoms with Crippen LogP contribution in [0.25, 0.3) is 60.9 Å². The number of nitrogens with zero attached hydrogens (tertiary/aromatic N) is 3. The predicted octanol–water partition coefficient (Wildman–Crippen LogP) is 11.0. The molecule has 206 valence electrons. The molecule has 9 rings (SSSR count). The number of hydrogen-bond acceptors (Lipinski definition) is 2. The summed E-state index contributed by atoms with van der Waals surface area (Å²) in [6.45, 7) is 0. The maximum Gasteiger partial charge on any atom is 0.220 e. The van der Waals surface area contributed by atoms with Crippen molar-refractivity contribution in [3.8, 4) is 39.1 Å². The second kappa shape index (κ2) is 9.82. The molecular weight excluding hydrogens is 534 g/mol. The first-order valence-electron chi connectivity index (χ1n) is 15.0. The van der Waals surface area contributed by atoms with E-state index >= 15 is 0 Å². The van der Waals surface area contributed by atoms with Crippen LogP contribution in [0.2, 0.25) is 0 Å². The number of para-hydroxylation sites is 3. The van der Waals surface area contributed by atoms with E-state index in [1.54, 1.807) is 0 Å². The van der Waals surface area contributed by atoms with E-state index in [1.807, 2.05) is 0 Å². The molecule has 44 heavy (non-hydrogen) atoms. The average molecular weight is 562 g/mol. The molecule has 0 bridgehead atoms. The molecule has 1 aliphatic heterocycles. The van der Waals surface area contributed by atoms with Gasteiger partial charge in [-0.2, -0.15) is 0 Å². The molecule has 0 fully saturated rings. The highest BCUT2D eigenvalue weighted by Crippen LogP contribution is 2.49. The maximum absolute atomic E-state index is 5.26. The van der Waals surface area contributed by atoms with Crippen molar-refractivity contribution in [2.75, 3.05) is 4.90 Å². The normalized spacial score (nSPS) is 12.0. The SMILES string of the molecule is c1ccc(-c2ccc(-c3ccc(N4c5cc6ccccc6cc5-c5ccccc5-n5c4nc4ccccc45)cc3)cc2)cc1. The Kier molecular flexibility index (Phi) is 5.50. The van der Waals surface area contributed by atoms with Crippen molar-refractivity contribution in [3.05, 3.63) is 164 Å². The molecule has 0 amide bonds. The fourth-order valence-electron chi connectivity index (χ4n) is 6.58. The lowest BCUT2D eigenvalue weighted by molar-refractivity contribution is 1.05. The quantitative estimate of drug-likeness (QED) is 0.214. The van der Waals surface area contributed by atoms with E-state index in [2.05, 4.69) is 173 Å². The summed E-state index contributed by atoms with van der Waals surface area (Å²) in [6.07, 6.45) is 0. The molecule has 1 aromatic heterocycles. The fraction of sp³-hybridized carbons (Fsp3) is 0. The van der Waals surface area contributed by atoms with Gasteiger partial charge in [0.05, 0.1) is 22.4 Å². The summed E-state index contributed by atoms with van der Waals surface area (Å²) in [5.74, 6) is 0.882. The number of anilines is 3. The minimum Gasteiger partial charge on any atom is -0.280 e. The highest BCUT2D eigenvalue weighted by Gasteiger charge is 2.29. The van der Waals surface area contributed by atoms with Crippen molar-refractivity contribution in [1.29, 1.82) is 0 Å². The first-order valence-corrected chi connectivity index (χ1v) is 15.0. The lowest BCUT2D eigenvalue weighted by atomic mass is 9.97. The van der Waals surface area contributed by atoms with E-state index in [4.69, 9.17) is 4.98 Å². The van der Waals surface area contributed by atoms with Gasteiger partial charge in [0.2, 0.25) is 5.95 Å². The van der Waals surface area contributed by atoms with Crippen LogP contribution >= 0.6 is 0 Å². The van der Waals surface area contributed by atoms with Gasteiger partial charge in [-0.1, -0.05) is 121 Å². The number of rotatable bonds is 3. The minimum atomic E-state index is 0.882. The highest BCUT2D eigenvalue weighted by molar-refractivity contribution is 6.02. The molecule has 0 saturated carbocycles. The largest absolute Gasteiger partial charge is 0.280 e. The standard InChI is InChI=1S/C41H27N3/c1-2-10-28(11-3-1)29-18-20-30(21-19-29)31-22-24-34(25-23-31)43-40-27-33-13-5-4-12-32(33)26-36(40)35-14-6-8-16-38(35)44-39-17-9-7-15-37(39)42-41(43)44/h1-27H. The van der Waals surface area contributed by atoms with Gasteiger partial charge in [-0.3, -0.25) is 9.47 Å². The molecule has 1 aliphatic rings. The molecule has 0 unspecified atom stereocenters. The monoisotopic (exact) mass is 561 g/mol. The summed E-state index contributed by atoms with van der Waals surface area (Å²) in [6, 6.07) is 58.6. The Morgan fingerprint density at radius 3 is 1.73 bits per heavy atom. The van der Waals surface area contributed by atoms with Crippen LogP contribution in [0.15, 0.2) is 164 Å². The molecule has 0 spiro atoms. The third-order valence-corrected chi connectivity index (χ3v) is 8.73. The lowest BCUT2D eigenvalue weighted by Gasteiger charge is -2.25. The van der Waals surface area contributed by atoms with Gasteiger partial charge in [0.15, 0.2) is 0 Å². The van der Waals surface area contributed by atoms with Gasteiger partial charge in [-0.25, -0.2) is 4.98 Å².